The van der Waals surface area contributed by atoms with Gasteiger partial charge in [0.1, 0.15) is 12.4 Å². The fourth-order valence-electron chi connectivity index (χ4n) is 2.45. The highest BCUT2D eigenvalue weighted by Gasteiger charge is 2.14. The van der Waals surface area contributed by atoms with Gasteiger partial charge in [-0.1, -0.05) is 24.3 Å². The minimum Gasteiger partial charge on any atom is -0.366 e. The minimum atomic E-state index is -0.523. The molecule has 0 spiro atoms. The van der Waals surface area contributed by atoms with Gasteiger partial charge >= 0.3 is 0 Å². The van der Waals surface area contributed by atoms with Crippen molar-refractivity contribution in [3.8, 4) is 11.4 Å². The summed E-state index contributed by atoms with van der Waals surface area (Å²) in [5.41, 5.74) is 6.91. The molecule has 0 atom stereocenters. The first-order valence-corrected chi connectivity index (χ1v) is 8.09. The van der Waals surface area contributed by atoms with Gasteiger partial charge in [0.15, 0.2) is 0 Å². The number of nitrogens with two attached hydrogens (primary N) is 1. The molecule has 1 heterocycles. The smallest absolute Gasteiger partial charge is 0.248 e. The zero-order valence-electron chi connectivity index (χ0n) is 14.5. The van der Waals surface area contributed by atoms with Gasteiger partial charge in [-0.3, -0.25) is 9.59 Å². The van der Waals surface area contributed by atoms with Gasteiger partial charge in [-0.15, -0.1) is 10.2 Å². The summed E-state index contributed by atoms with van der Waals surface area (Å²) in [5, 5.41) is 12.0. The van der Waals surface area contributed by atoms with Crippen LogP contribution in [0.25, 0.3) is 11.4 Å². The van der Waals surface area contributed by atoms with E-state index in [1.807, 2.05) is 0 Å². The Labute approximate surface area is 154 Å². The molecule has 0 saturated carbocycles. The summed E-state index contributed by atoms with van der Waals surface area (Å²) in [6, 6.07) is 12.5. The largest absolute Gasteiger partial charge is 0.366 e. The number of rotatable bonds is 6. The normalized spacial score (nSPS) is 10.6. The van der Waals surface area contributed by atoms with Gasteiger partial charge in [-0.05, 0) is 35.0 Å². The molecule has 27 heavy (non-hydrogen) atoms. The molecule has 0 bridgehead atoms. The first-order valence-electron chi connectivity index (χ1n) is 8.09. The van der Waals surface area contributed by atoms with Crippen LogP contribution in [0.2, 0.25) is 0 Å². The molecule has 1 aromatic heterocycles. The summed E-state index contributed by atoms with van der Waals surface area (Å²) in [6.45, 7) is 0.172. The number of amides is 2. The topological polar surface area (TPSA) is 107 Å². The zero-order chi connectivity index (χ0) is 19.4. The van der Waals surface area contributed by atoms with Crippen LogP contribution in [0.15, 0.2) is 48.5 Å². The van der Waals surface area contributed by atoms with E-state index < -0.39 is 5.91 Å². The number of aromatic nitrogens is 4. The van der Waals surface area contributed by atoms with E-state index in [1.165, 1.54) is 21.8 Å². The van der Waals surface area contributed by atoms with E-state index in [1.54, 1.807) is 43.4 Å². The van der Waals surface area contributed by atoms with E-state index in [2.05, 4.69) is 15.4 Å². The van der Waals surface area contributed by atoms with Crippen LogP contribution in [-0.4, -0.2) is 44.0 Å². The van der Waals surface area contributed by atoms with Crippen LogP contribution < -0.4 is 5.73 Å². The molecule has 3 rings (SSSR count). The number of likely N-dealkylation sites (N-methyl/N-ethyl adjacent to an activating group) is 1. The van der Waals surface area contributed by atoms with E-state index >= 15 is 0 Å². The monoisotopic (exact) mass is 368 g/mol. The minimum absolute atomic E-state index is 0.0990. The summed E-state index contributed by atoms with van der Waals surface area (Å²) in [6.07, 6.45) is 0. The van der Waals surface area contributed by atoms with Crippen LogP contribution in [0.5, 0.6) is 0 Å². The molecule has 0 unspecified atom stereocenters. The Morgan fingerprint density at radius 1 is 1.19 bits per heavy atom. The average Bonchev–Trinajstić information content (AvgIpc) is 3.10. The highest BCUT2D eigenvalue weighted by molar-refractivity contribution is 5.93. The van der Waals surface area contributed by atoms with Gasteiger partial charge in [0.25, 0.3) is 0 Å². The number of nitrogens with zero attached hydrogens (tertiary/aromatic N) is 5. The predicted octanol–water partition coefficient (Wildman–Crippen LogP) is 1.24. The average molecular weight is 368 g/mol. The maximum absolute atomic E-state index is 13.2. The Kier molecular flexibility index (Phi) is 5.20. The van der Waals surface area contributed by atoms with Crippen molar-refractivity contribution >= 4 is 11.8 Å². The Hall–Kier alpha value is -3.62. The quantitative estimate of drug-likeness (QED) is 0.704. The number of halogens is 1. The lowest BCUT2D eigenvalue weighted by Crippen LogP contribution is -2.30. The molecular weight excluding hydrogens is 351 g/mol. The van der Waals surface area contributed by atoms with Gasteiger partial charge in [0, 0.05) is 24.7 Å². The fraction of sp³-hybridized carbons (Fsp3) is 0.167. The molecule has 0 fully saturated rings. The van der Waals surface area contributed by atoms with Crippen molar-refractivity contribution in [2.75, 3.05) is 7.05 Å². The second-order valence-electron chi connectivity index (χ2n) is 5.96. The van der Waals surface area contributed by atoms with Crippen LogP contribution in [-0.2, 0) is 17.9 Å². The van der Waals surface area contributed by atoms with Crippen LogP contribution in [0.3, 0.4) is 0 Å². The third-order valence-corrected chi connectivity index (χ3v) is 3.89. The third kappa shape index (κ3) is 4.51. The number of carbonyl (C=O) groups excluding carboxylic acids is 2. The van der Waals surface area contributed by atoms with Gasteiger partial charge in [-0.2, -0.15) is 4.80 Å². The Morgan fingerprint density at radius 2 is 1.93 bits per heavy atom. The van der Waals surface area contributed by atoms with E-state index in [-0.39, 0.29) is 24.8 Å². The molecular formula is C18H17FN6O2. The predicted molar refractivity (Wildman–Crippen MR) is 94.6 cm³/mol. The Morgan fingerprint density at radius 3 is 2.59 bits per heavy atom. The molecule has 9 heteroatoms. The Balaban J connectivity index is 1.64. The van der Waals surface area contributed by atoms with Crippen LogP contribution >= 0.6 is 0 Å². The highest BCUT2D eigenvalue weighted by Crippen LogP contribution is 2.14. The molecule has 0 saturated heterocycles. The van der Waals surface area contributed by atoms with Gasteiger partial charge in [-0.25, -0.2) is 4.39 Å². The Bertz CT molecular complexity index is 970. The van der Waals surface area contributed by atoms with E-state index in [9.17, 15) is 14.0 Å². The summed E-state index contributed by atoms with van der Waals surface area (Å²) in [7, 11) is 1.62. The maximum atomic E-state index is 13.2. The van der Waals surface area contributed by atoms with Crippen molar-refractivity contribution in [3.63, 3.8) is 0 Å². The van der Waals surface area contributed by atoms with E-state index in [0.717, 1.165) is 0 Å². The highest BCUT2D eigenvalue weighted by atomic mass is 19.1. The molecule has 2 amide bonds. The van der Waals surface area contributed by atoms with Crippen LogP contribution in [0.4, 0.5) is 4.39 Å². The number of hydrogen-bond acceptors (Lipinski definition) is 5. The summed E-state index contributed by atoms with van der Waals surface area (Å²) >= 11 is 0. The summed E-state index contributed by atoms with van der Waals surface area (Å²) < 4.78 is 13.2. The van der Waals surface area contributed by atoms with E-state index in [0.29, 0.717) is 22.5 Å². The number of tetrazole rings is 1. The van der Waals surface area contributed by atoms with Crippen molar-refractivity contribution in [2.24, 2.45) is 5.73 Å². The van der Waals surface area contributed by atoms with Gasteiger partial charge < -0.3 is 10.6 Å². The molecule has 3 aromatic rings. The van der Waals surface area contributed by atoms with Crippen molar-refractivity contribution < 1.29 is 14.0 Å². The second kappa shape index (κ2) is 7.73. The lowest BCUT2D eigenvalue weighted by atomic mass is 10.1. The molecule has 2 N–H and O–H groups in total. The first kappa shape index (κ1) is 18.2. The van der Waals surface area contributed by atoms with Crippen molar-refractivity contribution in [1.29, 1.82) is 0 Å². The summed E-state index contributed by atoms with van der Waals surface area (Å²) in [5.74, 6) is -0.790. The SMILES string of the molecule is CN(Cc1cccc(F)c1)C(=O)Cn1nnc(-c2ccc(C(N)=O)cc2)n1. The second-order valence-corrected chi connectivity index (χ2v) is 5.96. The summed E-state index contributed by atoms with van der Waals surface area (Å²) in [4.78, 5) is 26.1. The lowest BCUT2D eigenvalue weighted by molar-refractivity contribution is -0.131. The van der Waals surface area contributed by atoms with Crippen molar-refractivity contribution in [3.05, 3.63) is 65.5 Å². The molecule has 8 nitrogen and oxygen atoms in total. The van der Waals surface area contributed by atoms with E-state index in [4.69, 9.17) is 5.73 Å². The van der Waals surface area contributed by atoms with Crippen LogP contribution in [0.1, 0.15) is 15.9 Å². The fourth-order valence-corrected chi connectivity index (χ4v) is 2.45. The number of primary amides is 1. The molecule has 0 aliphatic rings. The maximum Gasteiger partial charge on any atom is 0.248 e. The first-order chi connectivity index (χ1) is 12.9. The van der Waals surface area contributed by atoms with Crippen molar-refractivity contribution in [1.82, 2.24) is 25.1 Å². The third-order valence-electron chi connectivity index (χ3n) is 3.89. The molecule has 0 aliphatic heterocycles. The molecule has 0 aliphatic carbocycles. The molecule has 0 radical (unpaired) electrons. The van der Waals surface area contributed by atoms with Crippen LogP contribution in [0, 0.1) is 5.82 Å². The molecule has 2 aromatic carbocycles. The van der Waals surface area contributed by atoms with Crippen molar-refractivity contribution in [2.45, 2.75) is 13.1 Å². The number of benzene rings is 2. The molecule has 138 valence electrons. The zero-order valence-corrected chi connectivity index (χ0v) is 14.5. The van der Waals surface area contributed by atoms with Gasteiger partial charge in [0.05, 0.1) is 0 Å². The number of hydrogen-bond donors (Lipinski definition) is 1. The number of carbonyl (C=O) groups is 2. The standard InChI is InChI=1S/C18H17FN6O2/c1-24(10-12-3-2-4-15(19)9-12)16(26)11-25-22-18(21-23-25)14-7-5-13(6-8-14)17(20)27/h2-9H,10-11H2,1H3,(H2,20,27). The lowest BCUT2D eigenvalue weighted by Gasteiger charge is -2.16. The van der Waals surface area contributed by atoms with Gasteiger partial charge in [0.2, 0.25) is 17.6 Å².